The average Bonchev–Trinajstić information content (AvgIpc) is 3.11. The molecule has 2 aromatic carbocycles. The zero-order valence-electron chi connectivity index (χ0n) is 16.8. The van der Waals surface area contributed by atoms with Crippen molar-refractivity contribution in [2.24, 2.45) is 0 Å². The maximum atomic E-state index is 12.7. The lowest BCUT2D eigenvalue weighted by atomic mass is 10.1. The van der Waals surface area contributed by atoms with E-state index in [-0.39, 0.29) is 5.91 Å². The van der Waals surface area contributed by atoms with Gasteiger partial charge in [-0.1, -0.05) is 12.1 Å². The molecule has 0 aliphatic carbocycles. The van der Waals surface area contributed by atoms with Crippen molar-refractivity contribution < 1.29 is 14.3 Å². The first-order valence-electron chi connectivity index (χ1n) is 9.33. The van der Waals surface area contributed by atoms with Crippen LogP contribution >= 0.6 is 15.9 Å². The highest BCUT2D eigenvalue weighted by Crippen LogP contribution is 2.19. The first kappa shape index (κ1) is 20.9. The van der Waals surface area contributed by atoms with Gasteiger partial charge in [-0.3, -0.25) is 9.48 Å². The van der Waals surface area contributed by atoms with Gasteiger partial charge in [-0.2, -0.15) is 5.10 Å². The number of halogens is 1. The van der Waals surface area contributed by atoms with Gasteiger partial charge >= 0.3 is 0 Å². The Labute approximate surface area is 179 Å². The van der Waals surface area contributed by atoms with Crippen molar-refractivity contribution in [3.05, 3.63) is 76.0 Å². The molecule has 7 heteroatoms. The molecule has 1 aromatic heterocycles. The number of nitrogens with zero attached hydrogens (tertiary/aromatic N) is 3. The third-order valence-corrected chi connectivity index (χ3v) is 5.17. The van der Waals surface area contributed by atoms with Crippen molar-refractivity contribution in [2.75, 3.05) is 14.2 Å². The van der Waals surface area contributed by atoms with Gasteiger partial charge in [0, 0.05) is 25.4 Å². The lowest BCUT2D eigenvalue weighted by Gasteiger charge is -2.16. The molecule has 0 bridgehead atoms. The van der Waals surface area contributed by atoms with Crippen molar-refractivity contribution in [2.45, 2.75) is 26.6 Å². The van der Waals surface area contributed by atoms with E-state index in [1.165, 1.54) is 0 Å². The van der Waals surface area contributed by atoms with Crippen molar-refractivity contribution >= 4 is 21.8 Å². The molecule has 0 saturated carbocycles. The summed E-state index contributed by atoms with van der Waals surface area (Å²) in [7, 11) is 3.41. The van der Waals surface area contributed by atoms with Crippen LogP contribution in [0.3, 0.4) is 0 Å². The van der Waals surface area contributed by atoms with Gasteiger partial charge in [-0.05, 0) is 64.8 Å². The molecule has 0 saturated heterocycles. The summed E-state index contributed by atoms with van der Waals surface area (Å²) in [6.45, 7) is 3.68. The van der Waals surface area contributed by atoms with Crippen LogP contribution in [0, 0.1) is 0 Å². The molecule has 152 valence electrons. The van der Waals surface area contributed by atoms with Crippen LogP contribution in [0.4, 0.5) is 0 Å². The summed E-state index contributed by atoms with van der Waals surface area (Å²) in [5, 5.41) is 4.47. The lowest BCUT2D eigenvalue weighted by Crippen LogP contribution is -2.26. The van der Waals surface area contributed by atoms with Gasteiger partial charge in [0.2, 0.25) is 0 Å². The predicted octanol–water partition coefficient (Wildman–Crippen LogP) is 4.53. The van der Waals surface area contributed by atoms with Gasteiger partial charge in [-0.25, -0.2) is 0 Å². The first-order valence-corrected chi connectivity index (χ1v) is 10.1. The molecule has 0 aliphatic rings. The Morgan fingerprint density at radius 1 is 1.10 bits per heavy atom. The second-order valence-electron chi connectivity index (χ2n) is 6.60. The highest BCUT2D eigenvalue weighted by molar-refractivity contribution is 9.10. The minimum Gasteiger partial charge on any atom is -0.497 e. The highest BCUT2D eigenvalue weighted by Gasteiger charge is 2.15. The Morgan fingerprint density at radius 3 is 2.34 bits per heavy atom. The third-order valence-electron chi connectivity index (χ3n) is 4.51. The zero-order chi connectivity index (χ0) is 20.8. The number of carbonyl (C=O) groups excluding carboxylic acids is 1. The summed E-state index contributed by atoms with van der Waals surface area (Å²) < 4.78 is 13.7. The van der Waals surface area contributed by atoms with E-state index in [9.17, 15) is 4.79 Å². The molecule has 3 aromatic rings. The summed E-state index contributed by atoms with van der Waals surface area (Å²) in [5.41, 5.74) is 2.46. The number of hydrogen-bond donors (Lipinski definition) is 0. The molecule has 6 nitrogen and oxygen atoms in total. The maximum Gasteiger partial charge on any atom is 0.253 e. The number of hydrogen-bond acceptors (Lipinski definition) is 4. The van der Waals surface area contributed by atoms with E-state index in [0.29, 0.717) is 18.7 Å². The maximum absolute atomic E-state index is 12.7. The summed E-state index contributed by atoms with van der Waals surface area (Å²) in [6, 6.07) is 14.9. The SMILES string of the molecule is CCn1cc(Br)c(CN(C)C(=O)c2ccc(COc3ccc(OC)cc3)cc2)n1. The minimum absolute atomic E-state index is 0.0504. The number of carbonyl (C=O) groups is 1. The summed E-state index contributed by atoms with van der Waals surface area (Å²) in [6.07, 6.45) is 1.92. The van der Waals surface area contributed by atoms with Gasteiger partial charge in [0.25, 0.3) is 5.91 Å². The number of methoxy groups -OCH3 is 1. The zero-order valence-corrected chi connectivity index (χ0v) is 18.3. The number of benzene rings is 2. The van der Waals surface area contributed by atoms with E-state index in [2.05, 4.69) is 21.0 Å². The van der Waals surface area contributed by atoms with Gasteiger partial charge in [0.15, 0.2) is 0 Å². The Morgan fingerprint density at radius 2 is 1.76 bits per heavy atom. The van der Waals surface area contributed by atoms with E-state index in [4.69, 9.17) is 9.47 Å². The topological polar surface area (TPSA) is 56.6 Å². The molecular weight excluding hydrogens is 434 g/mol. The van der Waals surface area contributed by atoms with Crippen LogP contribution in [-0.4, -0.2) is 34.7 Å². The van der Waals surface area contributed by atoms with E-state index >= 15 is 0 Å². The quantitative estimate of drug-likeness (QED) is 0.498. The summed E-state index contributed by atoms with van der Waals surface area (Å²) >= 11 is 3.50. The molecule has 1 amide bonds. The predicted molar refractivity (Wildman–Crippen MR) is 115 cm³/mol. The fourth-order valence-corrected chi connectivity index (χ4v) is 3.25. The first-order chi connectivity index (χ1) is 14.0. The summed E-state index contributed by atoms with van der Waals surface area (Å²) in [4.78, 5) is 14.4. The number of aromatic nitrogens is 2. The van der Waals surface area contributed by atoms with Crippen LogP contribution in [0.1, 0.15) is 28.5 Å². The van der Waals surface area contributed by atoms with E-state index in [0.717, 1.165) is 33.8 Å². The van der Waals surface area contributed by atoms with E-state index in [1.807, 2.05) is 66.3 Å². The van der Waals surface area contributed by atoms with Gasteiger partial charge in [-0.15, -0.1) is 0 Å². The minimum atomic E-state index is -0.0504. The Hall–Kier alpha value is -2.80. The molecule has 0 aliphatic heterocycles. The molecule has 0 N–H and O–H groups in total. The number of amides is 1. The van der Waals surface area contributed by atoms with Gasteiger partial charge in [0.05, 0.1) is 23.8 Å². The molecule has 0 atom stereocenters. The molecule has 0 unspecified atom stereocenters. The number of aryl methyl sites for hydroxylation is 1. The molecule has 0 radical (unpaired) electrons. The highest BCUT2D eigenvalue weighted by atomic mass is 79.9. The van der Waals surface area contributed by atoms with Crippen LogP contribution in [0.2, 0.25) is 0 Å². The van der Waals surface area contributed by atoms with Crippen LogP contribution in [0.5, 0.6) is 11.5 Å². The number of rotatable bonds is 8. The van der Waals surface area contributed by atoms with Crippen LogP contribution in [0.25, 0.3) is 0 Å². The van der Waals surface area contributed by atoms with Crippen molar-refractivity contribution in [3.63, 3.8) is 0 Å². The van der Waals surface area contributed by atoms with E-state index in [1.54, 1.807) is 19.1 Å². The molecule has 3 rings (SSSR count). The monoisotopic (exact) mass is 457 g/mol. The fraction of sp³-hybridized carbons (Fsp3) is 0.273. The Bertz CT molecular complexity index is 952. The normalized spacial score (nSPS) is 10.6. The molecule has 1 heterocycles. The lowest BCUT2D eigenvalue weighted by molar-refractivity contribution is 0.0783. The van der Waals surface area contributed by atoms with Gasteiger partial charge in [0.1, 0.15) is 18.1 Å². The largest absolute Gasteiger partial charge is 0.497 e. The molecule has 29 heavy (non-hydrogen) atoms. The van der Waals surface area contributed by atoms with Crippen molar-refractivity contribution in [1.82, 2.24) is 14.7 Å². The number of ether oxygens (including phenoxy) is 2. The van der Waals surface area contributed by atoms with Crippen molar-refractivity contribution in [1.29, 1.82) is 0 Å². The van der Waals surface area contributed by atoms with Crippen LogP contribution in [-0.2, 0) is 19.7 Å². The Balaban J connectivity index is 1.57. The third kappa shape index (κ3) is 5.38. The second kappa shape index (κ2) is 9.60. The molecule has 0 spiro atoms. The summed E-state index contributed by atoms with van der Waals surface area (Å²) in [5.74, 6) is 1.51. The van der Waals surface area contributed by atoms with Gasteiger partial charge < -0.3 is 14.4 Å². The van der Waals surface area contributed by atoms with Crippen molar-refractivity contribution in [3.8, 4) is 11.5 Å². The second-order valence-corrected chi connectivity index (χ2v) is 7.46. The van der Waals surface area contributed by atoms with E-state index < -0.39 is 0 Å². The molecular formula is C22H24BrN3O3. The Kier molecular flexibility index (Phi) is 6.93. The smallest absolute Gasteiger partial charge is 0.253 e. The van der Waals surface area contributed by atoms with Crippen LogP contribution in [0.15, 0.2) is 59.2 Å². The van der Waals surface area contributed by atoms with Crippen LogP contribution < -0.4 is 9.47 Å². The molecule has 0 fully saturated rings. The average molecular weight is 458 g/mol. The standard InChI is InChI=1S/C22H24BrN3O3/c1-4-26-13-20(23)21(24-26)14-25(2)22(27)17-7-5-16(6-8-17)15-29-19-11-9-18(28-3)10-12-19/h5-13H,4,14-15H2,1-3H3. The fourth-order valence-electron chi connectivity index (χ4n) is 2.81.